The Labute approximate surface area is 143 Å². The smallest absolute Gasteiger partial charge is 0.270 e. The summed E-state index contributed by atoms with van der Waals surface area (Å²) in [5.74, 6) is 0.527. The predicted octanol–water partition coefficient (Wildman–Crippen LogP) is 1.76. The van der Waals surface area contributed by atoms with E-state index in [1.165, 1.54) is 6.07 Å². The third kappa shape index (κ3) is 3.35. The Hall–Kier alpha value is -3.22. The van der Waals surface area contributed by atoms with Crippen LogP contribution in [0.25, 0.3) is 5.69 Å². The van der Waals surface area contributed by atoms with Crippen molar-refractivity contribution in [3.8, 4) is 5.69 Å². The minimum absolute atomic E-state index is 0.155. The lowest BCUT2D eigenvalue weighted by atomic mass is 10.1. The van der Waals surface area contributed by atoms with Crippen molar-refractivity contribution in [3.05, 3.63) is 76.2 Å². The summed E-state index contributed by atoms with van der Waals surface area (Å²) in [5, 5.41) is 7.06. The molecule has 25 heavy (non-hydrogen) atoms. The molecule has 0 saturated heterocycles. The number of carbonyl (C=O) groups is 1. The predicted molar refractivity (Wildman–Crippen MR) is 91.6 cm³/mol. The Morgan fingerprint density at radius 2 is 2.12 bits per heavy atom. The van der Waals surface area contributed by atoms with Crippen LogP contribution >= 0.6 is 0 Å². The van der Waals surface area contributed by atoms with Crippen LogP contribution in [0.4, 0.5) is 0 Å². The van der Waals surface area contributed by atoms with E-state index in [2.05, 4.69) is 20.4 Å². The molecule has 1 fully saturated rings. The summed E-state index contributed by atoms with van der Waals surface area (Å²) in [7, 11) is 0. The van der Waals surface area contributed by atoms with E-state index in [0.29, 0.717) is 12.4 Å². The number of amides is 1. The van der Waals surface area contributed by atoms with E-state index in [1.807, 2.05) is 36.5 Å². The molecule has 4 rings (SSSR count). The van der Waals surface area contributed by atoms with Gasteiger partial charge in [0.2, 0.25) is 0 Å². The van der Waals surface area contributed by atoms with Crippen LogP contribution in [0.3, 0.4) is 0 Å². The largest absolute Gasteiger partial charge is 0.347 e. The number of para-hydroxylation sites is 1. The first-order valence-corrected chi connectivity index (χ1v) is 8.18. The average Bonchev–Trinajstić information content (AvgIpc) is 3.34. The van der Waals surface area contributed by atoms with Gasteiger partial charge in [-0.1, -0.05) is 18.2 Å². The van der Waals surface area contributed by atoms with Gasteiger partial charge >= 0.3 is 0 Å². The fourth-order valence-electron chi connectivity index (χ4n) is 2.70. The molecule has 7 heteroatoms. The van der Waals surface area contributed by atoms with Crippen molar-refractivity contribution in [1.82, 2.24) is 25.1 Å². The molecule has 126 valence electrons. The van der Waals surface area contributed by atoms with Crippen LogP contribution in [-0.2, 0) is 6.54 Å². The normalized spacial score (nSPS) is 13.6. The minimum atomic E-state index is -0.358. The Bertz CT molecular complexity index is 958. The van der Waals surface area contributed by atoms with Crippen LogP contribution in [0, 0.1) is 0 Å². The van der Waals surface area contributed by atoms with Gasteiger partial charge in [-0.25, -0.2) is 9.67 Å². The molecular formula is C18H17N5O2. The number of hydrogen-bond donors (Lipinski definition) is 2. The van der Waals surface area contributed by atoms with E-state index in [-0.39, 0.29) is 23.1 Å². The lowest BCUT2D eigenvalue weighted by Gasteiger charge is -2.10. The Morgan fingerprint density at radius 1 is 1.28 bits per heavy atom. The zero-order chi connectivity index (χ0) is 17.2. The van der Waals surface area contributed by atoms with Crippen molar-refractivity contribution >= 4 is 5.91 Å². The molecule has 2 N–H and O–H groups in total. The molecule has 1 aliphatic carbocycles. The fraction of sp³-hybridized carbons (Fsp3) is 0.222. The minimum Gasteiger partial charge on any atom is -0.347 e. The third-order valence-electron chi connectivity index (χ3n) is 4.14. The Kier molecular flexibility index (Phi) is 3.89. The summed E-state index contributed by atoms with van der Waals surface area (Å²) >= 11 is 0. The van der Waals surface area contributed by atoms with Gasteiger partial charge in [0.15, 0.2) is 0 Å². The van der Waals surface area contributed by atoms with Crippen molar-refractivity contribution in [2.75, 3.05) is 0 Å². The van der Waals surface area contributed by atoms with E-state index in [4.69, 9.17) is 0 Å². The van der Waals surface area contributed by atoms with E-state index < -0.39 is 0 Å². The molecule has 1 amide bonds. The number of hydrogen-bond acceptors (Lipinski definition) is 4. The molecule has 0 aliphatic heterocycles. The molecule has 7 nitrogen and oxygen atoms in total. The molecule has 0 radical (unpaired) electrons. The van der Waals surface area contributed by atoms with Gasteiger partial charge in [-0.2, -0.15) is 5.10 Å². The number of H-pyrrole nitrogens is 1. The topological polar surface area (TPSA) is 92.7 Å². The van der Waals surface area contributed by atoms with Crippen molar-refractivity contribution in [2.45, 2.75) is 25.3 Å². The van der Waals surface area contributed by atoms with Gasteiger partial charge in [0.05, 0.1) is 5.69 Å². The van der Waals surface area contributed by atoms with Gasteiger partial charge in [0.25, 0.3) is 11.5 Å². The van der Waals surface area contributed by atoms with Crippen LogP contribution < -0.4 is 10.9 Å². The highest BCUT2D eigenvalue weighted by Gasteiger charge is 2.27. The quantitative estimate of drug-likeness (QED) is 0.743. The Balaban J connectivity index is 1.52. The van der Waals surface area contributed by atoms with Crippen LogP contribution in [0.2, 0.25) is 0 Å². The number of aromatic amines is 1. The highest BCUT2D eigenvalue weighted by molar-refractivity contribution is 5.92. The van der Waals surface area contributed by atoms with Gasteiger partial charge in [0, 0.05) is 30.9 Å². The monoisotopic (exact) mass is 335 g/mol. The highest BCUT2D eigenvalue weighted by atomic mass is 16.2. The SMILES string of the molecule is O=C(NCc1ccccc1-n1cccn1)c1cc(=O)[nH]c(C2CC2)n1. The molecule has 1 aliphatic rings. The van der Waals surface area contributed by atoms with Crippen LogP contribution in [0.5, 0.6) is 0 Å². The van der Waals surface area contributed by atoms with E-state index in [1.54, 1.807) is 10.9 Å². The van der Waals surface area contributed by atoms with Gasteiger partial charge < -0.3 is 10.3 Å². The van der Waals surface area contributed by atoms with Gasteiger partial charge in [-0.15, -0.1) is 0 Å². The van der Waals surface area contributed by atoms with Crippen molar-refractivity contribution in [2.24, 2.45) is 0 Å². The fourth-order valence-corrected chi connectivity index (χ4v) is 2.70. The van der Waals surface area contributed by atoms with E-state index >= 15 is 0 Å². The summed E-state index contributed by atoms with van der Waals surface area (Å²) in [6.45, 7) is 0.322. The summed E-state index contributed by atoms with van der Waals surface area (Å²) in [5.41, 5.74) is 1.68. The van der Waals surface area contributed by atoms with Gasteiger partial charge in [-0.3, -0.25) is 9.59 Å². The molecule has 0 spiro atoms. The molecule has 2 heterocycles. The van der Waals surface area contributed by atoms with Gasteiger partial charge in [-0.05, 0) is 30.5 Å². The first-order valence-electron chi connectivity index (χ1n) is 8.18. The van der Waals surface area contributed by atoms with E-state index in [0.717, 1.165) is 24.1 Å². The second-order valence-electron chi connectivity index (χ2n) is 6.05. The molecule has 0 atom stereocenters. The van der Waals surface area contributed by atoms with Crippen molar-refractivity contribution < 1.29 is 4.79 Å². The first kappa shape index (κ1) is 15.3. The molecule has 0 bridgehead atoms. The molecular weight excluding hydrogens is 318 g/mol. The summed E-state index contributed by atoms with van der Waals surface area (Å²) in [4.78, 5) is 31.2. The maximum Gasteiger partial charge on any atom is 0.270 e. The van der Waals surface area contributed by atoms with Crippen molar-refractivity contribution in [1.29, 1.82) is 0 Å². The molecule has 0 unspecified atom stereocenters. The van der Waals surface area contributed by atoms with Crippen LogP contribution in [-0.4, -0.2) is 25.7 Å². The molecule has 1 saturated carbocycles. The maximum absolute atomic E-state index is 12.4. The number of benzene rings is 1. The standard InChI is InChI=1S/C18H17N5O2/c24-16-10-14(21-17(22-16)12-6-7-12)18(25)19-11-13-4-1-2-5-15(13)23-9-3-8-20-23/h1-5,8-10,12H,6-7,11H2,(H,19,25)(H,21,22,24). The second kappa shape index (κ2) is 6.35. The zero-order valence-corrected chi connectivity index (χ0v) is 13.5. The highest BCUT2D eigenvalue weighted by Crippen LogP contribution is 2.37. The molecule has 2 aromatic heterocycles. The second-order valence-corrected chi connectivity index (χ2v) is 6.05. The average molecular weight is 335 g/mol. The lowest BCUT2D eigenvalue weighted by molar-refractivity contribution is 0.0945. The molecule has 3 aromatic rings. The number of nitrogens with one attached hydrogen (secondary N) is 2. The van der Waals surface area contributed by atoms with Crippen LogP contribution in [0.1, 0.15) is 40.6 Å². The summed E-state index contributed by atoms with van der Waals surface area (Å²) in [6.07, 6.45) is 5.56. The van der Waals surface area contributed by atoms with Crippen molar-refractivity contribution in [3.63, 3.8) is 0 Å². The summed E-state index contributed by atoms with van der Waals surface area (Å²) in [6, 6.07) is 10.8. The zero-order valence-electron chi connectivity index (χ0n) is 13.5. The number of aromatic nitrogens is 4. The van der Waals surface area contributed by atoms with Gasteiger partial charge in [0.1, 0.15) is 11.5 Å². The number of carbonyl (C=O) groups excluding carboxylic acids is 1. The lowest BCUT2D eigenvalue weighted by Crippen LogP contribution is -2.27. The molecule has 1 aromatic carbocycles. The maximum atomic E-state index is 12.4. The number of nitrogens with zero attached hydrogens (tertiary/aromatic N) is 3. The third-order valence-corrected chi connectivity index (χ3v) is 4.14. The number of rotatable bonds is 5. The van der Waals surface area contributed by atoms with E-state index in [9.17, 15) is 9.59 Å². The first-order chi connectivity index (χ1) is 12.2. The Morgan fingerprint density at radius 3 is 2.88 bits per heavy atom. The van der Waals surface area contributed by atoms with Crippen LogP contribution in [0.15, 0.2) is 53.6 Å². The summed E-state index contributed by atoms with van der Waals surface area (Å²) < 4.78 is 1.75.